The standard InChI is InChI=1S/C15H22N2O3S/c1-15(2,11-5-7-12(16)8-6-11)14(18)17-10-13-4-3-9-21(13,19)20/h5-8,13H,3-4,9-10,16H2,1-2H3,(H,17,18). The smallest absolute Gasteiger partial charge is 0.230 e. The van der Waals surface area contributed by atoms with Crippen molar-refractivity contribution in [1.29, 1.82) is 0 Å². The second kappa shape index (κ2) is 5.67. The second-order valence-electron chi connectivity index (χ2n) is 6.09. The van der Waals surface area contributed by atoms with Crippen LogP contribution in [0.5, 0.6) is 0 Å². The molecule has 0 radical (unpaired) electrons. The largest absolute Gasteiger partial charge is 0.399 e. The van der Waals surface area contributed by atoms with Gasteiger partial charge in [-0.2, -0.15) is 0 Å². The SMILES string of the molecule is CC(C)(C(=O)NCC1CCCS1(=O)=O)c1ccc(N)cc1. The molecule has 1 amide bonds. The second-order valence-corrected chi connectivity index (χ2v) is 8.49. The molecule has 1 atom stereocenters. The van der Waals surface area contributed by atoms with Crippen molar-refractivity contribution in [3.63, 3.8) is 0 Å². The average molecular weight is 310 g/mol. The molecule has 6 heteroatoms. The Balaban J connectivity index is 2.03. The first-order valence-electron chi connectivity index (χ1n) is 7.09. The molecule has 116 valence electrons. The fourth-order valence-electron chi connectivity index (χ4n) is 2.55. The van der Waals surface area contributed by atoms with Crippen LogP contribution in [-0.4, -0.2) is 31.9 Å². The molecule has 0 aliphatic carbocycles. The van der Waals surface area contributed by atoms with Crippen molar-refractivity contribution >= 4 is 21.4 Å². The van der Waals surface area contributed by atoms with Gasteiger partial charge in [0, 0.05) is 12.2 Å². The highest BCUT2D eigenvalue weighted by molar-refractivity contribution is 7.92. The van der Waals surface area contributed by atoms with Crippen molar-refractivity contribution in [3.05, 3.63) is 29.8 Å². The number of benzene rings is 1. The Morgan fingerprint density at radius 2 is 1.95 bits per heavy atom. The first-order valence-corrected chi connectivity index (χ1v) is 8.81. The fraction of sp³-hybridized carbons (Fsp3) is 0.533. The molecule has 3 N–H and O–H groups in total. The lowest BCUT2D eigenvalue weighted by atomic mass is 9.83. The maximum Gasteiger partial charge on any atom is 0.230 e. The van der Waals surface area contributed by atoms with Crippen LogP contribution >= 0.6 is 0 Å². The molecule has 5 nitrogen and oxygen atoms in total. The van der Waals surface area contributed by atoms with Gasteiger partial charge in [-0.05, 0) is 44.4 Å². The first-order chi connectivity index (χ1) is 9.73. The van der Waals surface area contributed by atoms with Gasteiger partial charge in [0.2, 0.25) is 5.91 Å². The van der Waals surface area contributed by atoms with Gasteiger partial charge in [-0.25, -0.2) is 8.42 Å². The third kappa shape index (κ3) is 3.37. The molecule has 1 fully saturated rings. The Morgan fingerprint density at radius 1 is 1.33 bits per heavy atom. The van der Waals surface area contributed by atoms with Crippen molar-refractivity contribution in [2.45, 2.75) is 37.4 Å². The molecule has 1 aromatic carbocycles. The summed E-state index contributed by atoms with van der Waals surface area (Å²) in [5.74, 6) is 0.0592. The van der Waals surface area contributed by atoms with Gasteiger partial charge in [0.05, 0.1) is 16.4 Å². The van der Waals surface area contributed by atoms with E-state index in [0.29, 0.717) is 18.5 Å². The minimum Gasteiger partial charge on any atom is -0.399 e. The molecule has 1 aliphatic heterocycles. The Kier molecular flexibility index (Phi) is 4.27. The third-order valence-electron chi connectivity index (χ3n) is 4.15. The molecular formula is C15H22N2O3S. The van der Waals surface area contributed by atoms with Gasteiger partial charge in [0.1, 0.15) is 0 Å². The van der Waals surface area contributed by atoms with E-state index in [1.165, 1.54) is 0 Å². The van der Waals surface area contributed by atoms with Crippen LogP contribution in [-0.2, 0) is 20.0 Å². The molecule has 1 aliphatic rings. The number of hydrogen-bond acceptors (Lipinski definition) is 4. The van der Waals surface area contributed by atoms with E-state index in [2.05, 4.69) is 5.32 Å². The Labute approximate surface area is 125 Å². The number of nitrogens with two attached hydrogens (primary N) is 1. The molecule has 0 spiro atoms. The van der Waals surface area contributed by atoms with Gasteiger partial charge in [-0.3, -0.25) is 4.79 Å². The lowest BCUT2D eigenvalue weighted by Crippen LogP contribution is -2.44. The van der Waals surface area contributed by atoms with Gasteiger partial charge < -0.3 is 11.1 Å². The molecule has 1 heterocycles. The van der Waals surface area contributed by atoms with Crippen molar-refractivity contribution in [1.82, 2.24) is 5.32 Å². The van der Waals surface area contributed by atoms with Crippen LogP contribution in [0.25, 0.3) is 0 Å². The molecule has 1 aromatic rings. The maximum absolute atomic E-state index is 12.4. The van der Waals surface area contributed by atoms with E-state index in [4.69, 9.17) is 5.73 Å². The van der Waals surface area contributed by atoms with Crippen molar-refractivity contribution in [3.8, 4) is 0 Å². The number of rotatable bonds is 4. The van der Waals surface area contributed by atoms with Gasteiger partial charge in [-0.1, -0.05) is 12.1 Å². The Hall–Kier alpha value is -1.56. The molecule has 21 heavy (non-hydrogen) atoms. The zero-order valence-corrected chi connectivity index (χ0v) is 13.2. The zero-order valence-electron chi connectivity index (χ0n) is 12.4. The van der Waals surface area contributed by atoms with E-state index in [-0.39, 0.29) is 18.2 Å². The number of sulfone groups is 1. The molecule has 2 rings (SSSR count). The van der Waals surface area contributed by atoms with Gasteiger partial charge in [0.25, 0.3) is 0 Å². The van der Waals surface area contributed by atoms with Crippen molar-refractivity contribution in [2.24, 2.45) is 0 Å². The quantitative estimate of drug-likeness (QED) is 0.819. The highest BCUT2D eigenvalue weighted by atomic mass is 32.2. The summed E-state index contributed by atoms with van der Waals surface area (Å²) in [5.41, 5.74) is 6.42. The predicted octanol–water partition coefficient (Wildman–Crippen LogP) is 1.24. The maximum atomic E-state index is 12.4. The molecule has 0 aromatic heterocycles. The van der Waals surface area contributed by atoms with E-state index in [1.807, 2.05) is 26.0 Å². The number of anilines is 1. The lowest BCUT2D eigenvalue weighted by Gasteiger charge is -2.25. The number of carbonyl (C=O) groups excluding carboxylic acids is 1. The zero-order chi connectivity index (χ0) is 15.7. The normalized spacial score (nSPS) is 21.1. The van der Waals surface area contributed by atoms with Crippen LogP contribution < -0.4 is 11.1 Å². The van der Waals surface area contributed by atoms with Crippen molar-refractivity contribution in [2.75, 3.05) is 18.0 Å². The van der Waals surface area contributed by atoms with E-state index in [0.717, 1.165) is 5.56 Å². The van der Waals surface area contributed by atoms with E-state index < -0.39 is 20.5 Å². The summed E-state index contributed by atoms with van der Waals surface area (Å²) < 4.78 is 23.5. The number of hydrogen-bond donors (Lipinski definition) is 2. The van der Waals surface area contributed by atoms with Gasteiger partial charge in [0.15, 0.2) is 9.84 Å². The summed E-state index contributed by atoms with van der Waals surface area (Å²) in [6.45, 7) is 3.83. The summed E-state index contributed by atoms with van der Waals surface area (Å²) in [7, 11) is -3.03. The number of nitrogen functional groups attached to an aromatic ring is 1. The molecule has 0 bridgehead atoms. The fourth-order valence-corrected chi connectivity index (χ4v) is 4.31. The van der Waals surface area contributed by atoms with E-state index in [1.54, 1.807) is 12.1 Å². The van der Waals surface area contributed by atoms with Crippen LogP contribution in [0.4, 0.5) is 5.69 Å². The first kappa shape index (κ1) is 15.8. The summed E-state index contributed by atoms with van der Waals surface area (Å²) in [5, 5.41) is 2.34. The average Bonchev–Trinajstić information content (AvgIpc) is 2.75. The van der Waals surface area contributed by atoms with Gasteiger partial charge >= 0.3 is 0 Å². The minimum absolute atomic E-state index is 0.172. The van der Waals surface area contributed by atoms with Crippen LogP contribution in [0.2, 0.25) is 0 Å². The summed E-state index contributed by atoms with van der Waals surface area (Å²) >= 11 is 0. The van der Waals surface area contributed by atoms with E-state index >= 15 is 0 Å². The van der Waals surface area contributed by atoms with Crippen molar-refractivity contribution < 1.29 is 13.2 Å². The number of nitrogens with one attached hydrogen (secondary N) is 1. The topological polar surface area (TPSA) is 89.3 Å². The summed E-state index contributed by atoms with van der Waals surface area (Å²) in [6, 6.07) is 7.15. The van der Waals surface area contributed by atoms with Crippen LogP contribution in [0.1, 0.15) is 32.3 Å². The molecule has 1 saturated heterocycles. The van der Waals surface area contributed by atoms with Gasteiger partial charge in [-0.15, -0.1) is 0 Å². The molecular weight excluding hydrogens is 288 g/mol. The number of carbonyl (C=O) groups is 1. The third-order valence-corrected chi connectivity index (χ3v) is 6.43. The highest BCUT2D eigenvalue weighted by Crippen LogP contribution is 2.25. The van der Waals surface area contributed by atoms with Crippen LogP contribution in [0, 0.1) is 0 Å². The lowest BCUT2D eigenvalue weighted by molar-refractivity contribution is -0.125. The van der Waals surface area contributed by atoms with Crippen LogP contribution in [0.3, 0.4) is 0 Å². The van der Waals surface area contributed by atoms with Crippen LogP contribution in [0.15, 0.2) is 24.3 Å². The minimum atomic E-state index is -3.03. The molecule has 1 unspecified atom stereocenters. The number of amides is 1. The predicted molar refractivity (Wildman–Crippen MR) is 83.7 cm³/mol. The Morgan fingerprint density at radius 3 is 2.48 bits per heavy atom. The summed E-state index contributed by atoms with van der Waals surface area (Å²) in [6.07, 6.45) is 1.31. The molecule has 0 saturated carbocycles. The van der Waals surface area contributed by atoms with E-state index in [9.17, 15) is 13.2 Å². The monoisotopic (exact) mass is 310 g/mol. The summed E-state index contributed by atoms with van der Waals surface area (Å²) in [4.78, 5) is 12.4. The Bertz CT molecular complexity index is 621. The highest BCUT2D eigenvalue weighted by Gasteiger charge is 2.34.